The molecular weight excluding hydrogens is 398 g/mol. The maximum absolute atomic E-state index is 13.8. The molecule has 0 aliphatic rings. The number of rotatable bonds is 9. The van der Waals surface area contributed by atoms with Gasteiger partial charge >= 0.3 is 19.7 Å². The van der Waals surface area contributed by atoms with Gasteiger partial charge in [0, 0.05) is 6.08 Å². The summed E-state index contributed by atoms with van der Waals surface area (Å²) in [6.07, 6.45) is -4.57. The van der Waals surface area contributed by atoms with Crippen molar-refractivity contribution in [2.45, 2.75) is 33.9 Å². The van der Waals surface area contributed by atoms with Crippen LogP contribution in [-0.2, 0) is 23.1 Å². The number of allylic oxidation sites excluding steroid dienone is 1. The number of benzene rings is 1. The van der Waals surface area contributed by atoms with Crippen molar-refractivity contribution < 1.29 is 36.3 Å². The van der Waals surface area contributed by atoms with E-state index in [0.717, 1.165) is 5.56 Å². The minimum absolute atomic E-state index is 0.0350. The van der Waals surface area contributed by atoms with E-state index >= 15 is 0 Å². The van der Waals surface area contributed by atoms with Crippen molar-refractivity contribution in [3.8, 4) is 0 Å². The number of hydrogen-bond donors (Lipinski definition) is 0. The Balaban J connectivity index is 3.70. The third kappa shape index (κ3) is 6.89. The number of nitrogens with zero attached hydrogens (tertiary/aromatic N) is 1. The Bertz CT molecular complexity index is 762. The van der Waals surface area contributed by atoms with Gasteiger partial charge in [-0.2, -0.15) is 13.2 Å². The van der Waals surface area contributed by atoms with E-state index in [4.69, 9.17) is 9.05 Å². The summed E-state index contributed by atoms with van der Waals surface area (Å²) in [5, 5.41) is -0.997. The lowest BCUT2D eigenvalue weighted by molar-refractivity contribution is -0.137. The largest absolute Gasteiger partial charge is 0.463 e. The van der Waals surface area contributed by atoms with E-state index < -0.39 is 30.8 Å². The fourth-order valence-electron chi connectivity index (χ4n) is 2.10. The molecule has 0 bridgehead atoms. The summed E-state index contributed by atoms with van der Waals surface area (Å²) >= 11 is 0. The molecule has 0 aliphatic heterocycles. The highest BCUT2D eigenvalue weighted by Gasteiger charge is 2.46. The summed E-state index contributed by atoms with van der Waals surface area (Å²) < 4.78 is 69.3. The highest BCUT2D eigenvalue weighted by atomic mass is 31.2. The third-order valence-electron chi connectivity index (χ3n) is 3.22. The van der Waals surface area contributed by atoms with E-state index in [1.807, 2.05) is 0 Å². The zero-order valence-corrected chi connectivity index (χ0v) is 17.0. The molecule has 0 aliphatic carbocycles. The van der Waals surface area contributed by atoms with Gasteiger partial charge in [-0.15, -0.1) is 0 Å². The quantitative estimate of drug-likeness (QED) is 0.233. The van der Waals surface area contributed by atoms with Crippen LogP contribution >= 0.6 is 7.60 Å². The zero-order valence-electron chi connectivity index (χ0n) is 16.1. The van der Waals surface area contributed by atoms with Gasteiger partial charge in [0.15, 0.2) is 5.71 Å². The van der Waals surface area contributed by atoms with Gasteiger partial charge in [0.25, 0.3) is 0 Å². The molecule has 0 radical (unpaired) electrons. The second-order valence-corrected chi connectivity index (χ2v) is 7.40. The molecule has 28 heavy (non-hydrogen) atoms. The molecule has 0 unspecified atom stereocenters. The van der Waals surface area contributed by atoms with Crippen LogP contribution in [0.25, 0.3) is 0 Å². The van der Waals surface area contributed by atoms with Crippen LogP contribution in [0, 0.1) is 6.92 Å². The maximum Gasteiger partial charge on any atom is 0.434 e. The Morgan fingerprint density at radius 2 is 1.61 bits per heavy atom. The van der Waals surface area contributed by atoms with Crippen LogP contribution in [0.5, 0.6) is 0 Å². The second-order valence-electron chi connectivity index (χ2n) is 5.41. The van der Waals surface area contributed by atoms with Crippen LogP contribution in [0.2, 0.25) is 0 Å². The van der Waals surface area contributed by atoms with Crippen LogP contribution in [-0.4, -0.2) is 37.7 Å². The first kappa shape index (κ1) is 24.1. The number of aliphatic imine (C=N–C) groups is 1. The van der Waals surface area contributed by atoms with Crippen LogP contribution in [0.4, 0.5) is 18.9 Å². The van der Waals surface area contributed by atoms with E-state index in [1.165, 1.54) is 32.9 Å². The van der Waals surface area contributed by atoms with E-state index in [-0.39, 0.29) is 25.5 Å². The van der Waals surface area contributed by atoms with Gasteiger partial charge in [-0.05, 0) is 39.8 Å². The molecular formula is C18H23F3NO5P. The molecule has 0 amide bonds. The number of carbonyl (C=O) groups is 1. The van der Waals surface area contributed by atoms with Gasteiger partial charge in [0.1, 0.15) is 5.31 Å². The van der Waals surface area contributed by atoms with Crippen molar-refractivity contribution in [1.29, 1.82) is 0 Å². The summed E-state index contributed by atoms with van der Waals surface area (Å²) in [6, 6.07) is 5.89. The number of aryl methyl sites for hydroxylation is 1. The van der Waals surface area contributed by atoms with E-state index in [0.29, 0.717) is 6.08 Å². The fraction of sp³-hybridized carbons (Fsp3) is 0.444. The molecule has 0 saturated carbocycles. The first-order valence-electron chi connectivity index (χ1n) is 8.58. The van der Waals surface area contributed by atoms with E-state index in [1.54, 1.807) is 19.1 Å². The summed E-state index contributed by atoms with van der Waals surface area (Å²) in [5.41, 5.74) is -0.758. The van der Waals surface area contributed by atoms with E-state index in [2.05, 4.69) is 9.73 Å². The lowest BCUT2D eigenvalue weighted by Gasteiger charge is -2.22. The molecule has 0 N–H and O–H groups in total. The van der Waals surface area contributed by atoms with Crippen molar-refractivity contribution in [2.24, 2.45) is 4.99 Å². The Morgan fingerprint density at radius 1 is 1.07 bits per heavy atom. The van der Waals surface area contributed by atoms with Gasteiger partial charge in [-0.3, -0.25) is 4.57 Å². The van der Waals surface area contributed by atoms with Crippen molar-refractivity contribution in [3.63, 3.8) is 0 Å². The maximum atomic E-state index is 13.8. The zero-order chi connectivity index (χ0) is 21.4. The highest BCUT2D eigenvalue weighted by Crippen LogP contribution is 2.58. The van der Waals surface area contributed by atoms with Crippen LogP contribution in [0.15, 0.2) is 40.6 Å². The van der Waals surface area contributed by atoms with Gasteiger partial charge in [0.05, 0.1) is 25.5 Å². The average molecular weight is 421 g/mol. The Morgan fingerprint density at radius 3 is 2.04 bits per heavy atom. The Hall–Kier alpha value is -1.96. The number of hydrogen-bond acceptors (Lipinski definition) is 6. The summed E-state index contributed by atoms with van der Waals surface area (Å²) in [6.45, 7) is 5.66. The van der Waals surface area contributed by atoms with Gasteiger partial charge in [-0.25, -0.2) is 9.79 Å². The average Bonchev–Trinajstić information content (AvgIpc) is 2.59. The molecule has 0 aromatic heterocycles. The molecule has 0 saturated heterocycles. The lowest BCUT2D eigenvalue weighted by atomic mass is 10.2. The van der Waals surface area contributed by atoms with Crippen molar-refractivity contribution in [1.82, 2.24) is 0 Å². The smallest absolute Gasteiger partial charge is 0.434 e. The molecule has 1 rings (SSSR count). The first-order chi connectivity index (χ1) is 13.1. The summed E-state index contributed by atoms with van der Waals surface area (Å²) in [7, 11) is -4.50. The number of alkyl halides is 3. The highest BCUT2D eigenvalue weighted by molar-refractivity contribution is 7.60. The number of ether oxygens (including phenoxy) is 1. The molecule has 10 heteroatoms. The lowest BCUT2D eigenvalue weighted by Crippen LogP contribution is -2.26. The fourth-order valence-corrected chi connectivity index (χ4v) is 3.84. The molecule has 0 atom stereocenters. The minimum Gasteiger partial charge on any atom is -0.463 e. The Kier molecular flexibility index (Phi) is 9.07. The molecule has 156 valence electrons. The van der Waals surface area contributed by atoms with Crippen LogP contribution in [0.1, 0.15) is 26.3 Å². The Labute approximate surface area is 161 Å². The van der Waals surface area contributed by atoms with Crippen molar-refractivity contribution >= 4 is 25.0 Å². The van der Waals surface area contributed by atoms with Crippen molar-refractivity contribution in [3.05, 3.63) is 41.2 Å². The van der Waals surface area contributed by atoms with Gasteiger partial charge in [0.2, 0.25) is 0 Å². The standard InChI is InChI=1S/C18H23F3NO5P/c1-5-25-16(23)12-15(28(24,26-6-2)27-7-3)17(18(19,20)21)22-14-10-8-13(4)9-11-14/h8-12H,5-7H2,1-4H3/b15-12+,22-17?. The van der Waals surface area contributed by atoms with Gasteiger partial charge < -0.3 is 13.8 Å². The topological polar surface area (TPSA) is 74.2 Å². The molecule has 1 aromatic carbocycles. The third-order valence-corrected chi connectivity index (χ3v) is 5.35. The number of esters is 1. The molecule has 0 fully saturated rings. The van der Waals surface area contributed by atoms with Gasteiger partial charge in [-0.1, -0.05) is 17.7 Å². The normalized spacial score (nSPS) is 13.5. The number of carbonyl (C=O) groups excluding carboxylic acids is 1. The number of halogens is 3. The second kappa shape index (κ2) is 10.5. The monoisotopic (exact) mass is 421 g/mol. The SMILES string of the molecule is CCOC(=O)/C=C(\C(=Nc1ccc(C)cc1)C(F)(F)F)P(=O)(OCC)OCC. The molecule has 0 heterocycles. The van der Waals surface area contributed by atoms with E-state index in [9.17, 15) is 22.5 Å². The molecule has 1 aromatic rings. The summed E-state index contributed by atoms with van der Waals surface area (Å²) in [5.74, 6) is -1.11. The van der Waals surface area contributed by atoms with Crippen LogP contribution in [0.3, 0.4) is 0 Å². The molecule has 6 nitrogen and oxygen atoms in total. The van der Waals surface area contributed by atoms with Crippen LogP contribution < -0.4 is 0 Å². The molecule has 0 spiro atoms. The predicted molar refractivity (Wildman–Crippen MR) is 99.9 cm³/mol. The van der Waals surface area contributed by atoms with Crippen molar-refractivity contribution in [2.75, 3.05) is 19.8 Å². The predicted octanol–water partition coefficient (Wildman–Crippen LogP) is 5.34. The first-order valence-corrected chi connectivity index (χ1v) is 10.1. The summed E-state index contributed by atoms with van der Waals surface area (Å²) in [4.78, 5) is 15.5. The minimum atomic E-state index is -5.03.